The molecule has 0 saturated carbocycles. The highest BCUT2D eigenvalue weighted by Gasteiger charge is 2.19. The monoisotopic (exact) mass is 340 g/mol. The Morgan fingerprint density at radius 1 is 0.958 bits per heavy atom. The van der Waals surface area contributed by atoms with Gasteiger partial charge < -0.3 is 4.74 Å². The third kappa shape index (κ3) is 7.89. The summed E-state index contributed by atoms with van der Waals surface area (Å²) in [5.41, 5.74) is -0.318. The predicted octanol–water partition coefficient (Wildman–Crippen LogP) is 6.43. The van der Waals surface area contributed by atoms with Crippen LogP contribution in [0.1, 0.15) is 88.4 Å². The van der Waals surface area contributed by atoms with Crippen molar-refractivity contribution in [3.63, 3.8) is 0 Å². The summed E-state index contributed by atoms with van der Waals surface area (Å²) in [6, 6.07) is 2.86. The lowest BCUT2D eigenvalue weighted by Crippen LogP contribution is -2.19. The number of unbranched alkanes of at least 4 members (excludes halogenated alkanes) is 6. The van der Waals surface area contributed by atoms with E-state index in [1.165, 1.54) is 19.3 Å². The second-order valence-electron chi connectivity index (χ2n) is 6.35. The summed E-state index contributed by atoms with van der Waals surface area (Å²) in [7, 11) is 0. The molecule has 0 bridgehead atoms. The topological polar surface area (TPSA) is 26.3 Å². The van der Waals surface area contributed by atoms with Crippen molar-refractivity contribution in [2.45, 2.75) is 84.2 Å². The Hall–Kier alpha value is -1.45. The van der Waals surface area contributed by atoms with E-state index >= 15 is 0 Å². The van der Waals surface area contributed by atoms with Crippen molar-refractivity contribution in [1.82, 2.24) is 0 Å². The molecule has 0 amide bonds. The quantitative estimate of drug-likeness (QED) is 0.324. The standard InChI is InChI=1S/C20H30F2O2/c1-3-5-7-8-10-12-17(11-9-6-4-2)24-20(23)18-15-16(21)13-14-19(18)22/h13-15,17H,3-12H2,1-2H3. The number of ether oxygens (including phenoxy) is 1. The van der Waals surface area contributed by atoms with Gasteiger partial charge in [0.25, 0.3) is 0 Å². The zero-order valence-corrected chi connectivity index (χ0v) is 15.0. The molecule has 4 heteroatoms. The van der Waals surface area contributed by atoms with Crippen molar-refractivity contribution >= 4 is 5.97 Å². The maximum Gasteiger partial charge on any atom is 0.341 e. The van der Waals surface area contributed by atoms with Gasteiger partial charge in [0.1, 0.15) is 17.7 Å². The summed E-state index contributed by atoms with van der Waals surface area (Å²) in [5, 5.41) is 0. The molecule has 1 rings (SSSR count). The van der Waals surface area contributed by atoms with Gasteiger partial charge in [-0.05, 0) is 43.9 Å². The van der Waals surface area contributed by atoms with Gasteiger partial charge in [-0.2, -0.15) is 0 Å². The summed E-state index contributed by atoms with van der Waals surface area (Å²) in [6.45, 7) is 4.29. The average Bonchev–Trinajstić information content (AvgIpc) is 2.56. The number of esters is 1. The zero-order chi connectivity index (χ0) is 17.8. The van der Waals surface area contributed by atoms with Crippen LogP contribution in [-0.4, -0.2) is 12.1 Å². The van der Waals surface area contributed by atoms with Gasteiger partial charge in [0.15, 0.2) is 0 Å². The van der Waals surface area contributed by atoms with Crippen molar-refractivity contribution in [3.05, 3.63) is 35.4 Å². The van der Waals surface area contributed by atoms with Crippen molar-refractivity contribution in [2.24, 2.45) is 0 Å². The fraction of sp³-hybridized carbons (Fsp3) is 0.650. The highest BCUT2D eigenvalue weighted by molar-refractivity contribution is 5.89. The van der Waals surface area contributed by atoms with Gasteiger partial charge in [0.2, 0.25) is 0 Å². The van der Waals surface area contributed by atoms with Gasteiger partial charge in [-0.3, -0.25) is 0 Å². The van der Waals surface area contributed by atoms with E-state index in [2.05, 4.69) is 13.8 Å². The molecule has 0 aromatic heterocycles. The lowest BCUT2D eigenvalue weighted by molar-refractivity contribution is 0.0243. The second-order valence-corrected chi connectivity index (χ2v) is 6.35. The van der Waals surface area contributed by atoms with Gasteiger partial charge in [-0.15, -0.1) is 0 Å². The van der Waals surface area contributed by atoms with Crippen LogP contribution < -0.4 is 0 Å². The summed E-state index contributed by atoms with van der Waals surface area (Å²) < 4.78 is 32.4. The second kappa shape index (κ2) is 12.0. The van der Waals surface area contributed by atoms with Gasteiger partial charge >= 0.3 is 5.97 Å². The molecule has 1 unspecified atom stereocenters. The molecule has 0 spiro atoms. The van der Waals surface area contributed by atoms with Crippen LogP contribution >= 0.6 is 0 Å². The minimum absolute atomic E-state index is 0.214. The Labute approximate surface area is 144 Å². The number of carbonyl (C=O) groups is 1. The first-order valence-electron chi connectivity index (χ1n) is 9.24. The number of rotatable bonds is 12. The first-order valence-corrected chi connectivity index (χ1v) is 9.24. The SMILES string of the molecule is CCCCCCCC(CCCCC)OC(=O)c1cc(F)ccc1F. The van der Waals surface area contributed by atoms with Crippen molar-refractivity contribution in [1.29, 1.82) is 0 Å². The first kappa shape index (κ1) is 20.6. The van der Waals surface area contributed by atoms with E-state index in [1.807, 2.05) is 0 Å². The number of carbonyl (C=O) groups excluding carboxylic acids is 1. The van der Waals surface area contributed by atoms with Gasteiger partial charge in [0, 0.05) is 0 Å². The molecule has 2 nitrogen and oxygen atoms in total. The third-order valence-electron chi connectivity index (χ3n) is 4.18. The molecule has 0 aliphatic rings. The first-order chi connectivity index (χ1) is 11.6. The van der Waals surface area contributed by atoms with E-state index in [0.29, 0.717) is 0 Å². The van der Waals surface area contributed by atoms with Crippen LogP contribution in [0.4, 0.5) is 8.78 Å². The van der Waals surface area contributed by atoms with Crippen molar-refractivity contribution in [2.75, 3.05) is 0 Å². The summed E-state index contributed by atoms with van der Waals surface area (Å²) >= 11 is 0. The van der Waals surface area contributed by atoms with Crippen LogP contribution in [0.5, 0.6) is 0 Å². The molecule has 0 N–H and O–H groups in total. The molecule has 0 aliphatic heterocycles. The molecular weight excluding hydrogens is 310 g/mol. The minimum atomic E-state index is -0.762. The Morgan fingerprint density at radius 3 is 2.21 bits per heavy atom. The molecule has 1 atom stereocenters. The highest BCUT2D eigenvalue weighted by Crippen LogP contribution is 2.18. The molecule has 0 aliphatic carbocycles. The summed E-state index contributed by atoms with van der Waals surface area (Å²) in [4.78, 5) is 12.2. The molecule has 136 valence electrons. The van der Waals surface area contributed by atoms with E-state index < -0.39 is 17.6 Å². The van der Waals surface area contributed by atoms with E-state index in [1.54, 1.807) is 0 Å². The molecule has 1 aromatic rings. The zero-order valence-electron chi connectivity index (χ0n) is 15.0. The Balaban J connectivity index is 2.57. The van der Waals surface area contributed by atoms with Crippen LogP contribution in [0.3, 0.4) is 0 Å². The van der Waals surface area contributed by atoms with Crippen LogP contribution in [0.2, 0.25) is 0 Å². The molecule has 24 heavy (non-hydrogen) atoms. The van der Waals surface area contributed by atoms with E-state index in [-0.39, 0.29) is 11.7 Å². The number of hydrogen-bond acceptors (Lipinski definition) is 2. The summed E-state index contributed by atoms with van der Waals surface area (Å²) in [5.74, 6) is -2.14. The summed E-state index contributed by atoms with van der Waals surface area (Å²) in [6.07, 6.45) is 10.2. The highest BCUT2D eigenvalue weighted by atomic mass is 19.1. The largest absolute Gasteiger partial charge is 0.459 e. The van der Waals surface area contributed by atoms with E-state index in [9.17, 15) is 13.6 Å². The maximum absolute atomic E-state index is 13.7. The smallest absolute Gasteiger partial charge is 0.341 e. The van der Waals surface area contributed by atoms with Crippen LogP contribution in [0, 0.1) is 11.6 Å². The molecule has 0 heterocycles. The minimum Gasteiger partial charge on any atom is -0.459 e. The number of benzene rings is 1. The predicted molar refractivity (Wildman–Crippen MR) is 93.1 cm³/mol. The Bertz CT molecular complexity index is 489. The van der Waals surface area contributed by atoms with Crippen LogP contribution in [0.25, 0.3) is 0 Å². The average molecular weight is 340 g/mol. The molecule has 0 radical (unpaired) electrons. The Morgan fingerprint density at radius 2 is 1.54 bits per heavy atom. The molecular formula is C20H30F2O2. The van der Waals surface area contributed by atoms with Crippen molar-refractivity contribution in [3.8, 4) is 0 Å². The fourth-order valence-corrected chi connectivity index (χ4v) is 2.73. The van der Waals surface area contributed by atoms with Crippen LogP contribution in [-0.2, 0) is 4.74 Å². The lowest BCUT2D eigenvalue weighted by Gasteiger charge is -2.18. The normalized spacial score (nSPS) is 12.2. The molecule has 0 saturated heterocycles. The fourth-order valence-electron chi connectivity index (χ4n) is 2.73. The van der Waals surface area contributed by atoms with Gasteiger partial charge in [-0.1, -0.05) is 52.4 Å². The Kier molecular flexibility index (Phi) is 10.3. The van der Waals surface area contributed by atoms with Gasteiger partial charge in [0.05, 0.1) is 5.56 Å². The third-order valence-corrected chi connectivity index (χ3v) is 4.18. The number of hydrogen-bond donors (Lipinski definition) is 0. The maximum atomic E-state index is 13.7. The molecule has 1 aromatic carbocycles. The van der Waals surface area contributed by atoms with Crippen molar-refractivity contribution < 1.29 is 18.3 Å². The van der Waals surface area contributed by atoms with E-state index in [4.69, 9.17) is 4.74 Å². The van der Waals surface area contributed by atoms with E-state index in [0.717, 1.165) is 63.1 Å². The van der Waals surface area contributed by atoms with Gasteiger partial charge in [-0.25, -0.2) is 13.6 Å². The molecule has 0 fully saturated rings. The number of halogens is 2. The lowest BCUT2D eigenvalue weighted by atomic mass is 10.0. The van der Waals surface area contributed by atoms with Crippen LogP contribution in [0.15, 0.2) is 18.2 Å².